The summed E-state index contributed by atoms with van der Waals surface area (Å²) in [6.07, 6.45) is 9.84. The Labute approximate surface area is 156 Å². The van der Waals surface area contributed by atoms with Crippen molar-refractivity contribution in [3.63, 3.8) is 0 Å². The van der Waals surface area contributed by atoms with E-state index in [9.17, 15) is 4.79 Å². The van der Waals surface area contributed by atoms with E-state index in [4.69, 9.17) is 9.72 Å². The first-order valence-corrected chi connectivity index (χ1v) is 10.1. The van der Waals surface area contributed by atoms with Crippen molar-refractivity contribution in [1.82, 2.24) is 20.2 Å². The second kappa shape index (κ2) is 9.31. The number of rotatable bonds is 5. The molecule has 144 valence electrons. The van der Waals surface area contributed by atoms with Crippen LogP contribution >= 0.6 is 0 Å². The van der Waals surface area contributed by atoms with Crippen molar-refractivity contribution < 1.29 is 9.53 Å². The van der Waals surface area contributed by atoms with E-state index < -0.39 is 0 Å². The summed E-state index contributed by atoms with van der Waals surface area (Å²) in [5.41, 5.74) is 2.20. The first-order chi connectivity index (χ1) is 12.7. The van der Waals surface area contributed by atoms with Gasteiger partial charge in [-0.15, -0.1) is 0 Å². The molecule has 3 rings (SSSR count). The molecule has 6 nitrogen and oxygen atoms in total. The lowest BCUT2D eigenvalue weighted by Crippen LogP contribution is -2.48. The molecule has 1 saturated carbocycles. The number of aryl methyl sites for hydroxylation is 1. The molecule has 1 N–H and O–H groups in total. The van der Waals surface area contributed by atoms with E-state index >= 15 is 0 Å². The third-order valence-corrected chi connectivity index (χ3v) is 5.58. The fraction of sp³-hybridized carbons (Fsp3) is 0.750. The Bertz CT molecular complexity index is 593. The van der Waals surface area contributed by atoms with Gasteiger partial charge in [-0.3, -0.25) is 0 Å². The van der Waals surface area contributed by atoms with Crippen molar-refractivity contribution in [3.05, 3.63) is 23.3 Å². The minimum absolute atomic E-state index is 0.115. The molecule has 1 aromatic heterocycles. The van der Waals surface area contributed by atoms with Crippen molar-refractivity contribution in [1.29, 1.82) is 0 Å². The Kier molecular flexibility index (Phi) is 6.83. The van der Waals surface area contributed by atoms with Crippen LogP contribution in [0.1, 0.15) is 74.9 Å². The zero-order valence-corrected chi connectivity index (χ0v) is 16.2. The smallest absolute Gasteiger partial charge is 0.317 e. The van der Waals surface area contributed by atoms with Gasteiger partial charge in [-0.25, -0.2) is 14.8 Å². The summed E-state index contributed by atoms with van der Waals surface area (Å²) in [6, 6.07) is 0.486. The van der Waals surface area contributed by atoms with E-state index in [0.717, 1.165) is 55.9 Å². The van der Waals surface area contributed by atoms with Crippen LogP contribution in [0.3, 0.4) is 0 Å². The molecule has 1 aliphatic carbocycles. The second-order valence-corrected chi connectivity index (χ2v) is 7.51. The van der Waals surface area contributed by atoms with Gasteiger partial charge in [0, 0.05) is 43.4 Å². The van der Waals surface area contributed by atoms with Crippen LogP contribution < -0.4 is 5.32 Å². The van der Waals surface area contributed by atoms with Crippen molar-refractivity contribution >= 4 is 6.03 Å². The van der Waals surface area contributed by atoms with Crippen LogP contribution in [0.15, 0.2) is 6.20 Å². The van der Waals surface area contributed by atoms with E-state index in [1.54, 1.807) is 0 Å². The molecule has 1 aliphatic heterocycles. The van der Waals surface area contributed by atoms with Crippen molar-refractivity contribution in [3.8, 4) is 0 Å². The molecule has 0 unspecified atom stereocenters. The zero-order chi connectivity index (χ0) is 18.4. The summed E-state index contributed by atoms with van der Waals surface area (Å²) < 4.78 is 5.58. The highest BCUT2D eigenvalue weighted by atomic mass is 16.5. The van der Waals surface area contributed by atoms with Gasteiger partial charge in [-0.2, -0.15) is 0 Å². The fourth-order valence-corrected chi connectivity index (χ4v) is 4.06. The van der Waals surface area contributed by atoms with Crippen LogP contribution in [-0.2, 0) is 11.3 Å². The van der Waals surface area contributed by atoms with Gasteiger partial charge in [0.1, 0.15) is 5.82 Å². The number of amides is 2. The standard InChI is InChI=1S/C20H32N4O2/c1-3-26-14-17-13-21-15(2)22-19(17)16-9-11-24(12-10-16)20(25)23-18-7-5-4-6-8-18/h13,16,18H,3-12,14H2,1-2H3,(H,23,25). The molecule has 6 heteroatoms. The molecule has 1 aromatic rings. The molecule has 0 radical (unpaired) electrons. The van der Waals surface area contributed by atoms with Gasteiger partial charge in [0.15, 0.2) is 0 Å². The van der Waals surface area contributed by atoms with Crippen molar-refractivity contribution in [2.75, 3.05) is 19.7 Å². The number of ether oxygens (including phenoxy) is 1. The summed E-state index contributed by atoms with van der Waals surface area (Å²) >= 11 is 0. The lowest BCUT2D eigenvalue weighted by Gasteiger charge is -2.34. The number of hydrogen-bond acceptors (Lipinski definition) is 4. The Balaban J connectivity index is 1.56. The fourth-order valence-electron chi connectivity index (χ4n) is 4.06. The van der Waals surface area contributed by atoms with Crippen LogP contribution in [0.5, 0.6) is 0 Å². The molecule has 0 spiro atoms. The maximum absolute atomic E-state index is 12.5. The van der Waals surface area contributed by atoms with Gasteiger partial charge >= 0.3 is 6.03 Å². The number of hydrogen-bond donors (Lipinski definition) is 1. The van der Waals surface area contributed by atoms with Crippen LogP contribution in [0.25, 0.3) is 0 Å². The molecule has 2 fully saturated rings. The Morgan fingerprint density at radius 1 is 1.23 bits per heavy atom. The summed E-state index contributed by atoms with van der Waals surface area (Å²) in [4.78, 5) is 23.5. The number of piperidine rings is 1. The van der Waals surface area contributed by atoms with Gasteiger partial charge in [-0.05, 0) is 39.5 Å². The van der Waals surface area contributed by atoms with Crippen LogP contribution in [0, 0.1) is 6.92 Å². The van der Waals surface area contributed by atoms with Gasteiger partial charge in [0.05, 0.1) is 12.3 Å². The lowest BCUT2D eigenvalue weighted by molar-refractivity contribution is 0.131. The summed E-state index contributed by atoms with van der Waals surface area (Å²) in [5.74, 6) is 1.18. The second-order valence-electron chi connectivity index (χ2n) is 7.51. The van der Waals surface area contributed by atoms with E-state index in [0.29, 0.717) is 25.2 Å². The molecule has 26 heavy (non-hydrogen) atoms. The van der Waals surface area contributed by atoms with E-state index in [-0.39, 0.29) is 6.03 Å². The monoisotopic (exact) mass is 360 g/mol. The van der Waals surface area contributed by atoms with Crippen molar-refractivity contribution in [2.45, 2.75) is 77.4 Å². The first kappa shape index (κ1) is 19.1. The number of urea groups is 1. The van der Waals surface area contributed by atoms with Crippen LogP contribution in [-0.4, -0.2) is 46.6 Å². The van der Waals surface area contributed by atoms with Crippen LogP contribution in [0.2, 0.25) is 0 Å². The zero-order valence-electron chi connectivity index (χ0n) is 16.2. The van der Waals surface area contributed by atoms with E-state index in [1.807, 2.05) is 24.9 Å². The summed E-state index contributed by atoms with van der Waals surface area (Å²) in [5, 5.41) is 3.23. The largest absolute Gasteiger partial charge is 0.377 e. The maximum atomic E-state index is 12.5. The predicted molar refractivity (Wildman–Crippen MR) is 101 cm³/mol. The molecular weight excluding hydrogens is 328 g/mol. The van der Waals surface area contributed by atoms with Gasteiger partial charge < -0.3 is 15.0 Å². The maximum Gasteiger partial charge on any atom is 0.317 e. The number of likely N-dealkylation sites (tertiary alicyclic amines) is 1. The third-order valence-electron chi connectivity index (χ3n) is 5.58. The summed E-state index contributed by atoms with van der Waals surface area (Å²) in [6.45, 7) is 6.77. The molecule has 2 heterocycles. The Morgan fingerprint density at radius 3 is 2.65 bits per heavy atom. The molecular formula is C20H32N4O2. The number of carbonyl (C=O) groups is 1. The molecule has 2 aliphatic rings. The minimum Gasteiger partial charge on any atom is -0.377 e. The quantitative estimate of drug-likeness (QED) is 0.872. The molecule has 0 aromatic carbocycles. The SMILES string of the molecule is CCOCc1cnc(C)nc1C1CCN(C(=O)NC2CCCCC2)CC1. The lowest BCUT2D eigenvalue weighted by atomic mass is 9.91. The average molecular weight is 361 g/mol. The average Bonchev–Trinajstić information content (AvgIpc) is 2.68. The number of nitrogens with zero attached hydrogens (tertiary/aromatic N) is 3. The van der Waals surface area contributed by atoms with E-state index in [2.05, 4.69) is 10.3 Å². The molecule has 0 atom stereocenters. The van der Waals surface area contributed by atoms with Gasteiger partial charge in [-0.1, -0.05) is 19.3 Å². The molecule has 1 saturated heterocycles. The van der Waals surface area contributed by atoms with Gasteiger partial charge in [0.2, 0.25) is 0 Å². The van der Waals surface area contributed by atoms with Crippen LogP contribution in [0.4, 0.5) is 4.79 Å². The predicted octanol–water partition coefficient (Wildman–Crippen LogP) is 3.54. The Morgan fingerprint density at radius 2 is 1.96 bits per heavy atom. The number of aromatic nitrogens is 2. The third kappa shape index (κ3) is 4.93. The van der Waals surface area contributed by atoms with Gasteiger partial charge in [0.25, 0.3) is 0 Å². The minimum atomic E-state index is 0.115. The normalized spacial score (nSPS) is 19.5. The molecule has 2 amide bonds. The van der Waals surface area contributed by atoms with E-state index in [1.165, 1.54) is 19.3 Å². The topological polar surface area (TPSA) is 67.4 Å². The number of nitrogens with one attached hydrogen (secondary N) is 1. The number of carbonyl (C=O) groups excluding carboxylic acids is 1. The Hall–Kier alpha value is -1.69. The highest BCUT2D eigenvalue weighted by Crippen LogP contribution is 2.29. The highest BCUT2D eigenvalue weighted by Gasteiger charge is 2.27. The first-order valence-electron chi connectivity index (χ1n) is 10.1. The van der Waals surface area contributed by atoms with Crippen molar-refractivity contribution in [2.24, 2.45) is 0 Å². The molecule has 0 bridgehead atoms. The highest BCUT2D eigenvalue weighted by molar-refractivity contribution is 5.74. The summed E-state index contributed by atoms with van der Waals surface area (Å²) in [7, 11) is 0.